The van der Waals surface area contributed by atoms with Crippen LogP contribution < -0.4 is 0 Å². The van der Waals surface area contributed by atoms with Gasteiger partial charge in [-0.15, -0.1) is 0 Å². The highest BCUT2D eigenvalue weighted by molar-refractivity contribution is 5.76. The number of nitrogens with zero attached hydrogens (tertiary/aromatic N) is 3. The summed E-state index contributed by atoms with van der Waals surface area (Å²) in [7, 11) is 3.16. The number of carbonyl (C=O) groups is 1. The van der Waals surface area contributed by atoms with Crippen LogP contribution in [0.2, 0.25) is 0 Å². The predicted molar refractivity (Wildman–Crippen MR) is 82.7 cm³/mol. The molecular formula is C16H25N3O2. The number of amides is 1. The Morgan fingerprint density at radius 3 is 2.52 bits per heavy atom. The Hall–Kier alpha value is -1.43. The van der Waals surface area contributed by atoms with Gasteiger partial charge in [0.25, 0.3) is 5.91 Å². The van der Waals surface area contributed by atoms with Crippen LogP contribution in [0.1, 0.15) is 11.1 Å². The van der Waals surface area contributed by atoms with Crippen molar-refractivity contribution in [2.24, 2.45) is 0 Å². The largest absolute Gasteiger partial charge is 0.297 e. The van der Waals surface area contributed by atoms with E-state index in [1.165, 1.54) is 23.3 Å². The van der Waals surface area contributed by atoms with Gasteiger partial charge in [-0.25, -0.2) is 5.06 Å². The Bertz CT molecular complexity index is 470. The molecule has 5 heteroatoms. The van der Waals surface area contributed by atoms with E-state index in [1.807, 2.05) is 0 Å². The molecule has 1 aromatic rings. The number of benzene rings is 1. The van der Waals surface area contributed by atoms with Crippen LogP contribution in [0, 0.1) is 6.92 Å². The number of aryl methyl sites for hydroxylation is 1. The lowest BCUT2D eigenvalue weighted by Crippen LogP contribution is -2.49. The first-order valence-electron chi connectivity index (χ1n) is 7.39. The van der Waals surface area contributed by atoms with Gasteiger partial charge in [0.15, 0.2) is 0 Å². The summed E-state index contributed by atoms with van der Waals surface area (Å²) >= 11 is 0. The van der Waals surface area contributed by atoms with E-state index in [-0.39, 0.29) is 5.91 Å². The second-order valence-corrected chi connectivity index (χ2v) is 5.62. The van der Waals surface area contributed by atoms with E-state index in [4.69, 9.17) is 4.84 Å². The van der Waals surface area contributed by atoms with E-state index in [2.05, 4.69) is 41.0 Å². The summed E-state index contributed by atoms with van der Waals surface area (Å²) in [5.41, 5.74) is 2.66. The lowest BCUT2D eigenvalue weighted by atomic mass is 10.1. The summed E-state index contributed by atoms with van der Waals surface area (Å²) in [5.74, 6) is 0.00429. The van der Waals surface area contributed by atoms with Crippen LogP contribution in [0.25, 0.3) is 0 Å². The summed E-state index contributed by atoms with van der Waals surface area (Å²) in [5, 5.41) is 1.29. The molecule has 1 aliphatic heterocycles. The van der Waals surface area contributed by atoms with Crippen LogP contribution in [0.5, 0.6) is 0 Å². The van der Waals surface area contributed by atoms with Gasteiger partial charge in [-0.1, -0.05) is 29.8 Å². The molecule has 2 rings (SSSR count). The lowest BCUT2D eigenvalue weighted by molar-refractivity contribution is -0.170. The van der Waals surface area contributed by atoms with Gasteiger partial charge in [0.05, 0.1) is 13.7 Å². The number of hydrogen-bond acceptors (Lipinski definition) is 4. The third-order valence-corrected chi connectivity index (χ3v) is 3.94. The Morgan fingerprint density at radius 2 is 1.90 bits per heavy atom. The molecule has 0 aromatic heterocycles. The van der Waals surface area contributed by atoms with Crippen LogP contribution in [0.4, 0.5) is 0 Å². The van der Waals surface area contributed by atoms with E-state index in [1.54, 1.807) is 7.05 Å². The molecule has 1 aliphatic rings. The summed E-state index contributed by atoms with van der Waals surface area (Å²) in [6, 6.07) is 8.65. The molecule has 116 valence electrons. The molecule has 0 saturated carbocycles. The first-order valence-corrected chi connectivity index (χ1v) is 7.39. The standard InChI is InChI=1S/C16H25N3O2/c1-14-5-4-6-15(11-14)12-18-7-9-19(10-8-18)13-16(20)17(2)21-3/h4-6,11H,7-10,12-13H2,1-3H3. The van der Waals surface area contributed by atoms with Crippen LogP contribution >= 0.6 is 0 Å². The van der Waals surface area contributed by atoms with Crippen LogP contribution in [-0.2, 0) is 16.2 Å². The Balaban J connectivity index is 1.77. The zero-order valence-electron chi connectivity index (χ0n) is 13.2. The maximum Gasteiger partial charge on any atom is 0.259 e. The third-order valence-electron chi connectivity index (χ3n) is 3.94. The van der Waals surface area contributed by atoms with Crippen molar-refractivity contribution in [2.75, 3.05) is 46.9 Å². The molecule has 5 nitrogen and oxygen atoms in total. The van der Waals surface area contributed by atoms with Crippen molar-refractivity contribution in [2.45, 2.75) is 13.5 Å². The fourth-order valence-corrected chi connectivity index (χ4v) is 2.57. The maximum atomic E-state index is 11.8. The molecule has 0 unspecified atom stereocenters. The van der Waals surface area contributed by atoms with Crippen LogP contribution in [-0.4, -0.2) is 67.7 Å². The molecular weight excluding hydrogens is 266 g/mol. The Kier molecular flexibility index (Phi) is 5.73. The lowest BCUT2D eigenvalue weighted by Gasteiger charge is -2.34. The van der Waals surface area contributed by atoms with Gasteiger partial charge in [-0.3, -0.25) is 19.4 Å². The minimum Gasteiger partial charge on any atom is -0.297 e. The highest BCUT2D eigenvalue weighted by Gasteiger charge is 2.20. The molecule has 21 heavy (non-hydrogen) atoms. The van der Waals surface area contributed by atoms with E-state index in [0.717, 1.165) is 32.7 Å². The molecule has 0 spiro atoms. The topological polar surface area (TPSA) is 36.0 Å². The smallest absolute Gasteiger partial charge is 0.259 e. The fourth-order valence-electron chi connectivity index (χ4n) is 2.57. The van der Waals surface area contributed by atoms with Gasteiger partial charge in [-0.2, -0.15) is 0 Å². The van der Waals surface area contributed by atoms with Crippen molar-refractivity contribution in [1.82, 2.24) is 14.9 Å². The molecule has 1 saturated heterocycles. The predicted octanol–water partition coefficient (Wildman–Crippen LogP) is 1.13. The van der Waals surface area contributed by atoms with Crippen molar-refractivity contribution in [3.63, 3.8) is 0 Å². The van der Waals surface area contributed by atoms with Crippen LogP contribution in [0.3, 0.4) is 0 Å². The Morgan fingerprint density at radius 1 is 1.24 bits per heavy atom. The van der Waals surface area contributed by atoms with Crippen molar-refractivity contribution < 1.29 is 9.63 Å². The van der Waals surface area contributed by atoms with Gasteiger partial charge >= 0.3 is 0 Å². The third kappa shape index (κ3) is 4.81. The summed E-state index contributed by atoms with van der Waals surface area (Å²) < 4.78 is 0. The summed E-state index contributed by atoms with van der Waals surface area (Å²) in [4.78, 5) is 21.3. The normalized spacial score (nSPS) is 16.9. The number of hydroxylamine groups is 2. The number of hydrogen-bond donors (Lipinski definition) is 0. The highest BCUT2D eigenvalue weighted by atomic mass is 16.7. The van der Waals surface area contributed by atoms with E-state index >= 15 is 0 Å². The molecule has 0 N–H and O–H groups in total. The second-order valence-electron chi connectivity index (χ2n) is 5.62. The van der Waals surface area contributed by atoms with E-state index in [9.17, 15) is 4.79 Å². The van der Waals surface area contributed by atoms with Gasteiger partial charge in [-0.05, 0) is 12.5 Å². The molecule has 0 aliphatic carbocycles. The molecule has 1 heterocycles. The van der Waals surface area contributed by atoms with E-state index in [0.29, 0.717) is 6.54 Å². The zero-order valence-corrected chi connectivity index (χ0v) is 13.2. The van der Waals surface area contributed by atoms with Gasteiger partial charge in [0.2, 0.25) is 0 Å². The second kappa shape index (κ2) is 7.54. The molecule has 1 amide bonds. The Labute approximate surface area is 127 Å². The molecule has 0 atom stereocenters. The summed E-state index contributed by atoms with van der Waals surface area (Å²) in [6.07, 6.45) is 0. The monoisotopic (exact) mass is 291 g/mol. The van der Waals surface area contributed by atoms with Crippen LogP contribution in [0.15, 0.2) is 24.3 Å². The molecule has 1 fully saturated rings. The van der Waals surface area contributed by atoms with Crippen molar-refractivity contribution in [1.29, 1.82) is 0 Å². The maximum absolute atomic E-state index is 11.8. The van der Waals surface area contributed by atoms with Gasteiger partial charge in [0, 0.05) is 39.8 Å². The summed E-state index contributed by atoms with van der Waals surface area (Å²) in [6.45, 7) is 7.39. The van der Waals surface area contributed by atoms with Crippen molar-refractivity contribution in [3.8, 4) is 0 Å². The van der Waals surface area contributed by atoms with E-state index < -0.39 is 0 Å². The number of piperazine rings is 1. The first kappa shape index (κ1) is 15.9. The number of likely N-dealkylation sites (N-methyl/N-ethyl adjacent to an activating group) is 1. The number of carbonyl (C=O) groups excluding carboxylic acids is 1. The van der Waals surface area contributed by atoms with Crippen molar-refractivity contribution >= 4 is 5.91 Å². The SMILES string of the molecule is CON(C)C(=O)CN1CCN(Cc2cccc(C)c2)CC1. The van der Waals surface area contributed by atoms with Crippen molar-refractivity contribution in [3.05, 3.63) is 35.4 Å². The molecule has 0 bridgehead atoms. The highest BCUT2D eigenvalue weighted by Crippen LogP contribution is 2.10. The minimum atomic E-state index is 0.00429. The number of rotatable bonds is 5. The average Bonchev–Trinajstić information content (AvgIpc) is 2.48. The van der Waals surface area contributed by atoms with Gasteiger partial charge < -0.3 is 0 Å². The average molecular weight is 291 g/mol. The minimum absolute atomic E-state index is 0.00429. The zero-order chi connectivity index (χ0) is 15.2. The molecule has 0 radical (unpaired) electrons. The van der Waals surface area contributed by atoms with Gasteiger partial charge in [0.1, 0.15) is 0 Å². The molecule has 1 aromatic carbocycles. The fraction of sp³-hybridized carbons (Fsp3) is 0.562. The quantitative estimate of drug-likeness (QED) is 0.762. The first-order chi connectivity index (χ1) is 10.1.